The van der Waals surface area contributed by atoms with Crippen molar-refractivity contribution in [1.29, 1.82) is 10.5 Å². The molecular weight excluding hydrogens is 312 g/mol. The van der Waals surface area contributed by atoms with E-state index in [0.717, 1.165) is 38.5 Å². The van der Waals surface area contributed by atoms with E-state index in [2.05, 4.69) is 25.1 Å². The summed E-state index contributed by atoms with van der Waals surface area (Å²) in [5, 5.41) is 19.1. The lowest BCUT2D eigenvalue weighted by Crippen LogP contribution is -2.50. The molecule has 1 unspecified atom stereocenters. The van der Waals surface area contributed by atoms with Crippen LogP contribution < -0.4 is 0 Å². The van der Waals surface area contributed by atoms with E-state index in [1.807, 2.05) is 6.92 Å². The normalized spacial score (nSPS) is 42.8. The molecule has 3 aliphatic carbocycles. The molecule has 0 spiro atoms. The van der Waals surface area contributed by atoms with Crippen molar-refractivity contribution in [3.63, 3.8) is 0 Å². The van der Waals surface area contributed by atoms with Crippen LogP contribution in [0.1, 0.15) is 65.7 Å². The third-order valence-electron chi connectivity index (χ3n) is 7.35. The molecular formula is C21H28N2O2. The Morgan fingerprint density at radius 1 is 1.32 bits per heavy atom. The molecule has 0 heterocycles. The number of esters is 1. The van der Waals surface area contributed by atoms with Gasteiger partial charge in [0.2, 0.25) is 0 Å². The van der Waals surface area contributed by atoms with Gasteiger partial charge in [-0.3, -0.25) is 4.79 Å². The van der Waals surface area contributed by atoms with E-state index in [1.54, 1.807) is 0 Å². The lowest BCUT2D eigenvalue weighted by atomic mass is 9.47. The van der Waals surface area contributed by atoms with E-state index in [0.29, 0.717) is 18.3 Å². The molecule has 0 aromatic carbocycles. The molecule has 0 aromatic rings. The van der Waals surface area contributed by atoms with Crippen LogP contribution in [-0.4, -0.2) is 12.1 Å². The van der Waals surface area contributed by atoms with Gasteiger partial charge >= 0.3 is 5.97 Å². The highest BCUT2D eigenvalue weighted by Gasteiger charge is 2.55. The van der Waals surface area contributed by atoms with Gasteiger partial charge < -0.3 is 4.74 Å². The summed E-state index contributed by atoms with van der Waals surface area (Å²) in [6.07, 6.45) is 8.50. The van der Waals surface area contributed by atoms with Crippen LogP contribution in [0.5, 0.6) is 0 Å². The standard InChI is InChI=1S/C21H28N2O2/c1-14(24)25-16-6-10-21(3)15(12-16)4-5-17-18(8-11-22)20(2,13-23)9-7-19(17)21/h4,16-19H,5-10,12H2,1-3H3/t16?,17-,18-,19-,20+,21-/m0/s1. The quantitative estimate of drug-likeness (QED) is 0.547. The first-order valence-electron chi connectivity index (χ1n) is 9.49. The van der Waals surface area contributed by atoms with Crippen molar-refractivity contribution in [2.24, 2.45) is 28.6 Å². The fourth-order valence-corrected chi connectivity index (χ4v) is 5.90. The third kappa shape index (κ3) is 2.97. The minimum atomic E-state index is -0.381. The highest BCUT2D eigenvalue weighted by atomic mass is 16.5. The van der Waals surface area contributed by atoms with Crippen molar-refractivity contribution in [3.05, 3.63) is 11.6 Å². The largest absolute Gasteiger partial charge is 0.462 e. The monoisotopic (exact) mass is 340 g/mol. The Labute approximate surface area is 150 Å². The molecule has 0 amide bonds. The second-order valence-corrected chi connectivity index (χ2v) is 8.66. The van der Waals surface area contributed by atoms with Crippen LogP contribution >= 0.6 is 0 Å². The Morgan fingerprint density at radius 2 is 2.08 bits per heavy atom. The summed E-state index contributed by atoms with van der Waals surface area (Å²) in [5.74, 6) is 0.907. The number of allylic oxidation sites excluding steroid dienone is 1. The zero-order valence-electron chi connectivity index (χ0n) is 15.5. The number of carbonyl (C=O) groups excluding carboxylic acids is 1. The van der Waals surface area contributed by atoms with Gasteiger partial charge in [0.25, 0.3) is 0 Å². The summed E-state index contributed by atoms with van der Waals surface area (Å²) in [6, 6.07) is 4.88. The van der Waals surface area contributed by atoms with Crippen molar-refractivity contribution >= 4 is 5.97 Å². The first kappa shape index (κ1) is 18.0. The maximum Gasteiger partial charge on any atom is 0.302 e. The number of hydrogen-bond acceptors (Lipinski definition) is 4. The number of rotatable bonds is 2. The van der Waals surface area contributed by atoms with E-state index in [-0.39, 0.29) is 28.8 Å². The molecule has 0 aliphatic heterocycles. The number of fused-ring (bicyclic) bond motifs is 3. The van der Waals surface area contributed by atoms with Crippen LogP contribution in [0, 0.1) is 51.2 Å². The summed E-state index contributed by atoms with van der Waals surface area (Å²) in [7, 11) is 0. The predicted octanol–water partition coefficient (Wildman–Crippen LogP) is 4.52. The van der Waals surface area contributed by atoms with E-state index < -0.39 is 0 Å². The van der Waals surface area contributed by atoms with Crippen LogP contribution in [0.2, 0.25) is 0 Å². The zero-order chi connectivity index (χ0) is 18.2. The summed E-state index contributed by atoms with van der Waals surface area (Å²) < 4.78 is 5.47. The van der Waals surface area contributed by atoms with Crippen LogP contribution in [0.4, 0.5) is 0 Å². The lowest BCUT2D eigenvalue weighted by molar-refractivity contribution is -0.148. The van der Waals surface area contributed by atoms with Crippen LogP contribution in [-0.2, 0) is 9.53 Å². The predicted molar refractivity (Wildman–Crippen MR) is 93.9 cm³/mol. The van der Waals surface area contributed by atoms with Crippen molar-refractivity contribution < 1.29 is 9.53 Å². The molecule has 0 radical (unpaired) electrons. The number of nitriles is 2. The average molecular weight is 340 g/mol. The number of nitrogens with zero attached hydrogens (tertiary/aromatic N) is 2. The molecule has 0 aromatic heterocycles. The highest BCUT2D eigenvalue weighted by molar-refractivity contribution is 5.66. The van der Waals surface area contributed by atoms with Gasteiger partial charge in [0.05, 0.1) is 17.6 Å². The number of ether oxygens (including phenoxy) is 1. The zero-order valence-corrected chi connectivity index (χ0v) is 15.5. The van der Waals surface area contributed by atoms with Crippen molar-refractivity contribution in [3.8, 4) is 12.1 Å². The molecule has 2 saturated carbocycles. The van der Waals surface area contributed by atoms with Crippen molar-refractivity contribution in [1.82, 2.24) is 0 Å². The number of carbonyl (C=O) groups is 1. The second kappa shape index (κ2) is 6.49. The Kier molecular flexibility index (Phi) is 4.67. The topological polar surface area (TPSA) is 73.9 Å². The number of hydrogen-bond donors (Lipinski definition) is 0. The summed E-state index contributed by atoms with van der Waals surface area (Å²) >= 11 is 0. The van der Waals surface area contributed by atoms with Crippen LogP contribution in [0.25, 0.3) is 0 Å². The molecule has 0 N–H and O–H groups in total. The van der Waals surface area contributed by atoms with Gasteiger partial charge in [-0.1, -0.05) is 18.6 Å². The maximum atomic E-state index is 11.3. The van der Waals surface area contributed by atoms with E-state index in [9.17, 15) is 15.3 Å². The van der Waals surface area contributed by atoms with Gasteiger partial charge in [0.1, 0.15) is 6.10 Å². The second-order valence-electron chi connectivity index (χ2n) is 8.66. The van der Waals surface area contributed by atoms with Crippen molar-refractivity contribution in [2.45, 2.75) is 71.8 Å². The molecule has 134 valence electrons. The molecule has 2 fully saturated rings. The van der Waals surface area contributed by atoms with Crippen LogP contribution in [0.3, 0.4) is 0 Å². The third-order valence-corrected chi connectivity index (χ3v) is 7.35. The highest BCUT2D eigenvalue weighted by Crippen LogP contribution is 2.61. The summed E-state index contributed by atoms with van der Waals surface area (Å²) in [6.45, 7) is 5.89. The van der Waals surface area contributed by atoms with E-state index in [1.165, 1.54) is 12.5 Å². The lowest BCUT2D eigenvalue weighted by Gasteiger charge is -2.56. The smallest absolute Gasteiger partial charge is 0.302 e. The first-order valence-corrected chi connectivity index (χ1v) is 9.49. The molecule has 4 heteroatoms. The van der Waals surface area contributed by atoms with Gasteiger partial charge in [-0.15, -0.1) is 0 Å². The van der Waals surface area contributed by atoms with Crippen LogP contribution in [0.15, 0.2) is 11.6 Å². The van der Waals surface area contributed by atoms with Gasteiger partial charge in [0.15, 0.2) is 0 Å². The van der Waals surface area contributed by atoms with E-state index >= 15 is 0 Å². The van der Waals surface area contributed by atoms with Gasteiger partial charge in [-0.2, -0.15) is 10.5 Å². The first-order chi connectivity index (χ1) is 11.8. The minimum Gasteiger partial charge on any atom is -0.462 e. The summed E-state index contributed by atoms with van der Waals surface area (Å²) in [4.78, 5) is 11.3. The molecule has 3 aliphatic rings. The SMILES string of the molecule is CC(=O)OC1CC[C@@]2(C)C(=CC[C@H]3[C@H](CC#N)[C@@](C)(C#N)CC[C@@H]32)C1. The molecule has 25 heavy (non-hydrogen) atoms. The molecule has 0 saturated heterocycles. The summed E-state index contributed by atoms with van der Waals surface area (Å²) in [5.41, 5.74) is 1.18. The van der Waals surface area contributed by atoms with Crippen molar-refractivity contribution in [2.75, 3.05) is 0 Å². The molecule has 3 rings (SSSR count). The van der Waals surface area contributed by atoms with E-state index in [4.69, 9.17) is 4.74 Å². The Balaban J connectivity index is 1.88. The molecule has 6 atom stereocenters. The fourth-order valence-electron chi connectivity index (χ4n) is 5.90. The maximum absolute atomic E-state index is 11.3. The molecule has 4 nitrogen and oxygen atoms in total. The van der Waals surface area contributed by atoms with Gasteiger partial charge in [-0.25, -0.2) is 0 Å². The minimum absolute atomic E-state index is 0.0104. The Morgan fingerprint density at radius 3 is 2.72 bits per heavy atom. The fraction of sp³-hybridized carbons (Fsp3) is 0.762. The average Bonchev–Trinajstić information content (AvgIpc) is 2.57. The van der Waals surface area contributed by atoms with Gasteiger partial charge in [0, 0.05) is 19.8 Å². The van der Waals surface area contributed by atoms with Gasteiger partial charge in [-0.05, 0) is 62.2 Å². The molecule has 0 bridgehead atoms. The Hall–Kier alpha value is -1.81. The Bertz CT molecular complexity index is 670.